The van der Waals surface area contributed by atoms with E-state index in [9.17, 15) is 13.2 Å². The molecule has 3 atom stereocenters. The highest BCUT2D eigenvalue weighted by atomic mass is 32.2. The first-order valence-electron chi connectivity index (χ1n) is 8.27. The van der Waals surface area contributed by atoms with Crippen LogP contribution in [0.1, 0.15) is 10.5 Å². The van der Waals surface area contributed by atoms with Crippen LogP contribution in [0, 0.1) is 5.92 Å². The van der Waals surface area contributed by atoms with Gasteiger partial charge in [-0.25, -0.2) is 23.4 Å². The van der Waals surface area contributed by atoms with Gasteiger partial charge >= 0.3 is 0 Å². The van der Waals surface area contributed by atoms with Gasteiger partial charge < -0.3 is 9.80 Å². The molecule has 138 valence electrons. The Morgan fingerprint density at radius 3 is 2.69 bits per heavy atom. The Hall–Kier alpha value is -1.91. The highest BCUT2D eigenvalue weighted by molar-refractivity contribution is 7.92. The van der Waals surface area contributed by atoms with Crippen LogP contribution in [0.15, 0.2) is 23.8 Å². The number of carbonyl (C=O) groups excluding carboxylic acids is 1. The molecule has 2 fully saturated rings. The van der Waals surface area contributed by atoms with Gasteiger partial charge in [-0.3, -0.25) is 4.79 Å². The zero-order chi connectivity index (χ0) is 18.5. The fourth-order valence-electron chi connectivity index (χ4n) is 3.78. The molecule has 2 aromatic heterocycles. The number of hydrogen-bond donors (Lipinski definition) is 0. The molecule has 0 radical (unpaired) electrons. The molecule has 0 N–H and O–H groups in total. The van der Waals surface area contributed by atoms with Crippen molar-refractivity contribution in [1.29, 1.82) is 0 Å². The minimum Gasteiger partial charge on any atom is -0.336 e. The summed E-state index contributed by atoms with van der Waals surface area (Å²) in [6.07, 6.45) is 3.25. The summed E-state index contributed by atoms with van der Waals surface area (Å²) in [5.41, 5.74) is 0.316. The van der Waals surface area contributed by atoms with Gasteiger partial charge in [0.25, 0.3) is 5.91 Å². The zero-order valence-electron chi connectivity index (χ0n) is 14.4. The summed E-state index contributed by atoms with van der Waals surface area (Å²) >= 11 is 1.31. The lowest BCUT2D eigenvalue weighted by molar-refractivity contribution is 0.0774. The van der Waals surface area contributed by atoms with Crippen LogP contribution < -0.4 is 0 Å². The van der Waals surface area contributed by atoms with Gasteiger partial charge in [-0.1, -0.05) is 0 Å². The quantitative estimate of drug-likeness (QED) is 0.745. The first-order valence-corrected chi connectivity index (χ1v) is 10.9. The van der Waals surface area contributed by atoms with Crippen LogP contribution in [0.25, 0.3) is 10.8 Å². The van der Waals surface area contributed by atoms with Crippen molar-refractivity contribution in [2.75, 3.05) is 32.9 Å². The Kier molecular flexibility index (Phi) is 4.28. The zero-order valence-corrected chi connectivity index (χ0v) is 16.1. The number of likely N-dealkylation sites (tertiary alicyclic amines) is 1. The third-order valence-corrected chi connectivity index (χ3v) is 8.16. The molecule has 0 saturated carbocycles. The van der Waals surface area contributed by atoms with E-state index in [1.54, 1.807) is 28.7 Å². The van der Waals surface area contributed by atoms with E-state index in [1.807, 2.05) is 19.0 Å². The smallest absolute Gasteiger partial charge is 0.273 e. The van der Waals surface area contributed by atoms with Crippen LogP contribution in [0.5, 0.6) is 0 Å². The second-order valence-electron chi connectivity index (χ2n) is 6.88. The number of sulfone groups is 1. The van der Waals surface area contributed by atoms with E-state index in [4.69, 9.17) is 0 Å². The van der Waals surface area contributed by atoms with Gasteiger partial charge in [-0.15, -0.1) is 11.3 Å². The lowest BCUT2D eigenvalue weighted by Gasteiger charge is -2.24. The Labute approximate surface area is 155 Å². The molecule has 10 heteroatoms. The third-order valence-electron chi connectivity index (χ3n) is 5.10. The fourth-order valence-corrected chi connectivity index (χ4v) is 6.99. The monoisotopic (exact) mass is 393 g/mol. The summed E-state index contributed by atoms with van der Waals surface area (Å²) in [5, 5.41) is 1.78. The second kappa shape index (κ2) is 6.36. The van der Waals surface area contributed by atoms with Gasteiger partial charge in [0, 0.05) is 42.8 Å². The number of carbonyl (C=O) groups is 1. The molecular weight excluding hydrogens is 374 g/mol. The van der Waals surface area contributed by atoms with Crippen molar-refractivity contribution in [1.82, 2.24) is 24.8 Å². The predicted octanol–water partition coefficient (Wildman–Crippen LogP) is 0.399. The molecule has 2 saturated heterocycles. The number of hydrogen-bond acceptors (Lipinski definition) is 8. The van der Waals surface area contributed by atoms with Gasteiger partial charge in [0.15, 0.2) is 20.7 Å². The number of rotatable bonds is 3. The summed E-state index contributed by atoms with van der Waals surface area (Å²) < 4.78 is 24.9. The van der Waals surface area contributed by atoms with E-state index in [0.717, 1.165) is 0 Å². The molecule has 1 amide bonds. The maximum absolute atomic E-state index is 12.8. The van der Waals surface area contributed by atoms with Crippen LogP contribution in [0.2, 0.25) is 0 Å². The van der Waals surface area contributed by atoms with Gasteiger partial charge in [0.1, 0.15) is 5.69 Å². The summed E-state index contributed by atoms with van der Waals surface area (Å²) in [7, 11) is 0.599. The van der Waals surface area contributed by atoms with E-state index in [0.29, 0.717) is 23.1 Å². The van der Waals surface area contributed by atoms with E-state index in [-0.39, 0.29) is 30.2 Å². The Morgan fingerprint density at radius 1 is 1.27 bits per heavy atom. The molecule has 2 aromatic rings. The van der Waals surface area contributed by atoms with Crippen LogP contribution in [-0.2, 0) is 9.84 Å². The van der Waals surface area contributed by atoms with Crippen LogP contribution in [-0.4, -0.2) is 83.3 Å². The van der Waals surface area contributed by atoms with Crippen molar-refractivity contribution in [3.8, 4) is 10.8 Å². The van der Waals surface area contributed by atoms with Gasteiger partial charge in [0.2, 0.25) is 0 Å². The molecule has 0 unspecified atom stereocenters. The summed E-state index contributed by atoms with van der Waals surface area (Å²) in [5.74, 6) is 0.369. The molecule has 8 nitrogen and oxygen atoms in total. The standard InChI is InChI=1S/C16H19N5O3S2/c1-20(2)12-9-26(23,24)13-7-21(6-10(12)13)16(22)11-8-25-15(19-11)14-17-4-3-5-18-14/h3-5,8,10,12-13H,6-7,9H2,1-2H3/t10-,12+,13-/m0/s1. The molecule has 2 aliphatic rings. The van der Waals surface area contributed by atoms with E-state index < -0.39 is 15.1 Å². The van der Waals surface area contributed by atoms with E-state index in [1.165, 1.54) is 11.3 Å². The summed E-state index contributed by atoms with van der Waals surface area (Å²) in [4.78, 5) is 29.0. The SMILES string of the molecule is CN(C)[C@@H]1CS(=O)(=O)[C@H]2CN(C(=O)c3csc(-c4ncccn4)n3)C[C@@H]12. The molecule has 0 bridgehead atoms. The number of aromatic nitrogens is 3. The van der Waals surface area contributed by atoms with Gasteiger partial charge in [-0.2, -0.15) is 0 Å². The Morgan fingerprint density at radius 2 is 2.00 bits per heavy atom. The third kappa shape index (κ3) is 2.91. The van der Waals surface area contributed by atoms with Gasteiger partial charge in [-0.05, 0) is 20.2 Å². The van der Waals surface area contributed by atoms with E-state index >= 15 is 0 Å². The fraction of sp³-hybridized carbons (Fsp3) is 0.500. The van der Waals surface area contributed by atoms with E-state index in [2.05, 4.69) is 15.0 Å². The highest BCUT2D eigenvalue weighted by Gasteiger charge is 2.53. The predicted molar refractivity (Wildman–Crippen MR) is 97.6 cm³/mol. The lowest BCUT2D eigenvalue weighted by atomic mass is 10.00. The molecule has 0 spiro atoms. The van der Waals surface area contributed by atoms with Crippen molar-refractivity contribution in [2.24, 2.45) is 5.92 Å². The number of amides is 1. The number of fused-ring (bicyclic) bond motifs is 1. The molecule has 26 heavy (non-hydrogen) atoms. The number of thiazole rings is 1. The van der Waals surface area contributed by atoms with Crippen LogP contribution in [0.4, 0.5) is 0 Å². The van der Waals surface area contributed by atoms with Crippen molar-refractivity contribution >= 4 is 27.1 Å². The van der Waals surface area contributed by atoms with Crippen LogP contribution in [0.3, 0.4) is 0 Å². The summed E-state index contributed by atoms with van der Waals surface area (Å²) in [6, 6.07) is 1.67. The average molecular weight is 393 g/mol. The minimum absolute atomic E-state index is 0.0467. The van der Waals surface area contributed by atoms with Crippen molar-refractivity contribution in [3.05, 3.63) is 29.5 Å². The van der Waals surface area contributed by atoms with Crippen molar-refractivity contribution in [3.63, 3.8) is 0 Å². The van der Waals surface area contributed by atoms with Crippen LogP contribution >= 0.6 is 11.3 Å². The Balaban J connectivity index is 1.55. The molecule has 4 rings (SSSR count). The van der Waals surface area contributed by atoms with Crippen molar-refractivity contribution < 1.29 is 13.2 Å². The molecule has 4 heterocycles. The second-order valence-corrected chi connectivity index (χ2v) is 10.0. The largest absolute Gasteiger partial charge is 0.336 e. The van der Waals surface area contributed by atoms with Gasteiger partial charge in [0.05, 0.1) is 11.0 Å². The minimum atomic E-state index is -3.18. The molecule has 2 aliphatic heterocycles. The first kappa shape index (κ1) is 17.5. The maximum atomic E-state index is 12.8. The average Bonchev–Trinajstić information content (AvgIpc) is 3.31. The Bertz CT molecular complexity index is 928. The highest BCUT2D eigenvalue weighted by Crippen LogP contribution is 2.36. The topological polar surface area (TPSA) is 96.4 Å². The summed E-state index contributed by atoms with van der Waals surface area (Å²) in [6.45, 7) is 0.686. The first-order chi connectivity index (χ1) is 12.4. The maximum Gasteiger partial charge on any atom is 0.273 e. The lowest BCUT2D eigenvalue weighted by Crippen LogP contribution is -2.38. The number of nitrogens with zero attached hydrogens (tertiary/aromatic N) is 5. The normalized spacial score (nSPS) is 27.0. The molecular formula is C16H19N5O3S2. The molecule has 0 aliphatic carbocycles. The van der Waals surface area contributed by atoms with Crippen molar-refractivity contribution in [2.45, 2.75) is 11.3 Å². The molecule has 0 aromatic carbocycles.